The van der Waals surface area contributed by atoms with E-state index in [1.165, 1.54) is 62.5 Å². The van der Waals surface area contributed by atoms with Crippen LogP contribution in [0.25, 0.3) is 0 Å². The molecular formula is C33H43N3O2. The summed E-state index contributed by atoms with van der Waals surface area (Å²) in [5.74, 6) is 2.32. The van der Waals surface area contributed by atoms with Gasteiger partial charge in [0.05, 0.1) is 12.3 Å². The number of carbonyl (C=O) groups excluding carboxylic acids is 1. The minimum Gasteiger partial charge on any atom is -0.490 e. The van der Waals surface area contributed by atoms with Gasteiger partial charge in [-0.15, -0.1) is 0 Å². The summed E-state index contributed by atoms with van der Waals surface area (Å²) < 4.78 is 6.24. The van der Waals surface area contributed by atoms with Crippen LogP contribution in [-0.2, 0) is 5.41 Å². The van der Waals surface area contributed by atoms with Crippen molar-refractivity contribution < 1.29 is 9.53 Å². The standard InChI is InChI=1S/C33H43N3O2/c1-24-9-13-28(14-10-24)32-18-26-17-27(19-32)21-33(20-26,23-32)35-31(37)36-34-22-25-11-15-30(16-12-25)38-29-7-5-3-2-4-6-8-29/h9-16,22,26-27,29H,2-8,17-21,23H2,1H3,(H2,35,36,37). The molecule has 7 rings (SSSR count). The topological polar surface area (TPSA) is 62.7 Å². The van der Waals surface area contributed by atoms with E-state index in [9.17, 15) is 4.79 Å². The highest BCUT2D eigenvalue weighted by Gasteiger charge is 2.58. The van der Waals surface area contributed by atoms with Crippen LogP contribution in [0, 0.1) is 18.8 Å². The van der Waals surface area contributed by atoms with Gasteiger partial charge in [0, 0.05) is 5.54 Å². The highest BCUT2D eigenvalue weighted by Crippen LogP contribution is 2.62. The Morgan fingerprint density at radius 3 is 2.24 bits per heavy atom. The van der Waals surface area contributed by atoms with E-state index >= 15 is 0 Å². The van der Waals surface area contributed by atoms with Gasteiger partial charge in [0.15, 0.2) is 0 Å². The monoisotopic (exact) mass is 513 g/mol. The van der Waals surface area contributed by atoms with Gasteiger partial charge in [-0.2, -0.15) is 5.10 Å². The Kier molecular flexibility index (Phi) is 7.20. The molecule has 0 heterocycles. The maximum absolute atomic E-state index is 13.0. The van der Waals surface area contributed by atoms with E-state index < -0.39 is 0 Å². The Bertz CT molecular complexity index is 1120. The van der Waals surface area contributed by atoms with Crippen LogP contribution in [0.5, 0.6) is 5.75 Å². The van der Waals surface area contributed by atoms with Gasteiger partial charge >= 0.3 is 6.03 Å². The molecule has 0 saturated heterocycles. The minimum atomic E-state index is -0.188. The van der Waals surface area contributed by atoms with E-state index in [4.69, 9.17) is 4.74 Å². The highest BCUT2D eigenvalue weighted by atomic mass is 16.5. The number of ether oxygens (including phenoxy) is 1. The first kappa shape index (κ1) is 25.5. The zero-order chi connectivity index (χ0) is 26.0. The number of nitrogens with zero attached hydrogens (tertiary/aromatic N) is 1. The normalized spacial score (nSPS) is 31.1. The van der Waals surface area contributed by atoms with Crippen molar-refractivity contribution in [3.8, 4) is 5.75 Å². The third-order valence-electron chi connectivity index (χ3n) is 9.72. The molecule has 4 bridgehead atoms. The van der Waals surface area contributed by atoms with Crippen molar-refractivity contribution in [3.05, 3.63) is 65.2 Å². The summed E-state index contributed by atoms with van der Waals surface area (Å²) in [7, 11) is 0. The van der Waals surface area contributed by atoms with Crippen molar-refractivity contribution in [2.45, 2.75) is 107 Å². The van der Waals surface area contributed by atoms with Gasteiger partial charge in [-0.1, -0.05) is 49.1 Å². The second-order valence-electron chi connectivity index (χ2n) is 12.9. The molecular weight excluding hydrogens is 470 g/mol. The molecule has 5 heteroatoms. The van der Waals surface area contributed by atoms with Crippen LogP contribution in [0.1, 0.15) is 100 Å². The van der Waals surface area contributed by atoms with Crippen molar-refractivity contribution >= 4 is 12.2 Å². The van der Waals surface area contributed by atoms with Crippen LogP contribution in [-0.4, -0.2) is 23.9 Å². The molecule has 5 fully saturated rings. The first-order valence-corrected chi connectivity index (χ1v) is 14.9. The Morgan fingerprint density at radius 2 is 1.55 bits per heavy atom. The molecule has 2 aromatic carbocycles. The summed E-state index contributed by atoms with van der Waals surface area (Å²) in [5.41, 5.74) is 6.54. The van der Waals surface area contributed by atoms with Crippen LogP contribution in [0.3, 0.4) is 0 Å². The van der Waals surface area contributed by atoms with Gasteiger partial charge < -0.3 is 10.1 Å². The van der Waals surface area contributed by atoms with E-state index in [0.717, 1.165) is 43.4 Å². The number of benzene rings is 2. The van der Waals surface area contributed by atoms with Crippen LogP contribution >= 0.6 is 0 Å². The van der Waals surface area contributed by atoms with Crippen molar-refractivity contribution in [1.82, 2.24) is 10.7 Å². The molecule has 0 aliphatic heterocycles. The molecule has 38 heavy (non-hydrogen) atoms. The predicted octanol–water partition coefficient (Wildman–Crippen LogP) is 7.41. The van der Waals surface area contributed by atoms with Gasteiger partial charge in [0.1, 0.15) is 5.75 Å². The van der Waals surface area contributed by atoms with Crippen LogP contribution in [0.15, 0.2) is 53.6 Å². The number of hydrazone groups is 1. The van der Waals surface area contributed by atoms with Crippen molar-refractivity contribution in [2.24, 2.45) is 16.9 Å². The molecule has 2 atom stereocenters. The second-order valence-corrected chi connectivity index (χ2v) is 12.9. The first-order chi connectivity index (χ1) is 18.5. The number of aryl methyl sites for hydroxylation is 1. The molecule has 2 unspecified atom stereocenters. The number of hydrogen-bond acceptors (Lipinski definition) is 3. The van der Waals surface area contributed by atoms with E-state index in [1.54, 1.807) is 6.21 Å². The lowest BCUT2D eigenvalue weighted by Gasteiger charge is -2.62. The summed E-state index contributed by atoms with van der Waals surface area (Å²) in [6.45, 7) is 2.15. The summed E-state index contributed by atoms with van der Waals surface area (Å²) >= 11 is 0. The van der Waals surface area contributed by atoms with E-state index in [0.29, 0.717) is 17.9 Å². The Morgan fingerprint density at radius 1 is 0.895 bits per heavy atom. The van der Waals surface area contributed by atoms with Gasteiger partial charge in [-0.25, -0.2) is 10.2 Å². The summed E-state index contributed by atoms with van der Waals surface area (Å²) in [6, 6.07) is 17.0. The molecule has 2 amide bonds. The van der Waals surface area contributed by atoms with E-state index in [2.05, 4.69) is 47.0 Å². The molecule has 2 aromatic rings. The summed E-state index contributed by atoms with van der Waals surface area (Å²) in [6.07, 6.45) is 17.9. The predicted molar refractivity (Wildman–Crippen MR) is 153 cm³/mol. The molecule has 5 nitrogen and oxygen atoms in total. The molecule has 2 N–H and O–H groups in total. The molecule has 0 radical (unpaired) electrons. The lowest BCUT2D eigenvalue weighted by atomic mass is 9.45. The first-order valence-electron chi connectivity index (χ1n) is 14.9. The van der Waals surface area contributed by atoms with Crippen LogP contribution in [0.4, 0.5) is 4.79 Å². The summed E-state index contributed by atoms with van der Waals surface area (Å²) in [4.78, 5) is 13.0. The maximum atomic E-state index is 13.0. The molecule has 0 spiro atoms. The van der Waals surface area contributed by atoms with Gasteiger partial charge in [-0.05, 0) is 124 Å². The number of hydrogen-bond donors (Lipinski definition) is 2. The third-order valence-corrected chi connectivity index (χ3v) is 9.72. The van der Waals surface area contributed by atoms with Gasteiger partial charge in [0.25, 0.3) is 0 Å². The van der Waals surface area contributed by atoms with Crippen LogP contribution in [0.2, 0.25) is 0 Å². The largest absolute Gasteiger partial charge is 0.490 e. The highest BCUT2D eigenvalue weighted by molar-refractivity contribution is 5.82. The lowest BCUT2D eigenvalue weighted by molar-refractivity contribution is -0.0349. The number of carbonyl (C=O) groups is 1. The Hall–Kier alpha value is -2.82. The Labute approximate surface area is 227 Å². The average molecular weight is 514 g/mol. The fourth-order valence-corrected chi connectivity index (χ4v) is 8.45. The number of nitrogens with one attached hydrogen (secondary N) is 2. The average Bonchev–Trinajstić information content (AvgIpc) is 2.86. The van der Waals surface area contributed by atoms with Crippen molar-refractivity contribution in [1.29, 1.82) is 0 Å². The second kappa shape index (κ2) is 10.7. The SMILES string of the molecule is Cc1ccc(C23CC4CC(CC(NC(=O)NN=Cc5ccc(OC6CCCCCCC6)cc5)(C4)C2)C3)cc1. The molecule has 0 aromatic heterocycles. The van der Waals surface area contributed by atoms with Crippen molar-refractivity contribution in [3.63, 3.8) is 0 Å². The lowest BCUT2D eigenvalue weighted by Crippen LogP contribution is -2.65. The number of amides is 2. The quantitative estimate of drug-likeness (QED) is 0.312. The van der Waals surface area contributed by atoms with Crippen molar-refractivity contribution in [2.75, 3.05) is 0 Å². The van der Waals surface area contributed by atoms with Gasteiger partial charge in [0.2, 0.25) is 0 Å². The Balaban J connectivity index is 1.04. The third kappa shape index (κ3) is 5.62. The fourth-order valence-electron chi connectivity index (χ4n) is 8.45. The molecule has 5 saturated carbocycles. The molecule has 5 aliphatic carbocycles. The zero-order valence-corrected chi connectivity index (χ0v) is 22.9. The fraction of sp³-hybridized carbons (Fsp3) is 0.576. The maximum Gasteiger partial charge on any atom is 0.335 e. The number of urea groups is 1. The minimum absolute atomic E-state index is 0.120. The summed E-state index contributed by atoms with van der Waals surface area (Å²) in [5, 5.41) is 7.66. The van der Waals surface area contributed by atoms with E-state index in [1.807, 2.05) is 24.3 Å². The number of rotatable bonds is 6. The van der Waals surface area contributed by atoms with Gasteiger partial charge in [-0.3, -0.25) is 0 Å². The molecule has 202 valence electrons. The molecule has 5 aliphatic rings. The van der Waals surface area contributed by atoms with Crippen LogP contribution < -0.4 is 15.5 Å². The zero-order valence-electron chi connectivity index (χ0n) is 22.9. The van der Waals surface area contributed by atoms with E-state index in [-0.39, 0.29) is 17.0 Å². The smallest absolute Gasteiger partial charge is 0.335 e.